The molecule has 1 aromatic heterocycles. The van der Waals surface area contributed by atoms with Crippen LogP contribution in [-0.4, -0.2) is 26.6 Å². The number of hydrogen-bond acceptors (Lipinski definition) is 3. The first-order valence-corrected chi connectivity index (χ1v) is 6.88. The van der Waals surface area contributed by atoms with E-state index in [0.29, 0.717) is 6.54 Å². The van der Waals surface area contributed by atoms with Crippen LogP contribution >= 0.6 is 0 Å². The number of rotatable bonds is 4. The number of carbonyl (C=O) groups is 1. The second-order valence-corrected chi connectivity index (χ2v) is 5.19. The summed E-state index contributed by atoms with van der Waals surface area (Å²) in [5, 5.41) is 4.03. The summed E-state index contributed by atoms with van der Waals surface area (Å²) in [5.41, 5.74) is 1.11. The van der Waals surface area contributed by atoms with E-state index < -0.39 is 0 Å². The summed E-state index contributed by atoms with van der Waals surface area (Å²) in [7, 11) is 1.54. The molecule has 0 atom stereocenters. The molecule has 0 saturated heterocycles. The van der Waals surface area contributed by atoms with Crippen LogP contribution in [0.4, 0.5) is 0 Å². The summed E-state index contributed by atoms with van der Waals surface area (Å²) in [6.45, 7) is 4.44. The molecule has 2 aromatic rings. The minimum atomic E-state index is -0.231. The van der Waals surface area contributed by atoms with E-state index in [1.807, 2.05) is 44.2 Å². The fraction of sp³-hybridized carbons (Fsp3) is 0.312. The fourth-order valence-electron chi connectivity index (χ4n) is 2.03. The van der Waals surface area contributed by atoms with E-state index in [4.69, 9.17) is 0 Å². The molecule has 1 amide bonds. The first kappa shape index (κ1) is 15.0. The van der Waals surface area contributed by atoms with Gasteiger partial charge in [0.25, 0.3) is 11.5 Å². The van der Waals surface area contributed by atoms with Gasteiger partial charge in [0.1, 0.15) is 5.69 Å². The van der Waals surface area contributed by atoms with Crippen LogP contribution in [0.25, 0.3) is 0 Å². The molecule has 0 spiro atoms. The number of nitrogens with zero attached hydrogens (tertiary/aromatic N) is 3. The van der Waals surface area contributed by atoms with Crippen LogP contribution in [0.1, 0.15) is 29.9 Å². The standard InChI is InChI=1S/C16H19N3O2/c1-12(2)19(11-13-7-5-4-6-8-13)16(21)14-9-10-15(20)18(3)17-14/h4-10,12H,11H2,1-3H3. The molecule has 0 unspecified atom stereocenters. The number of amides is 1. The SMILES string of the molecule is CC(C)N(Cc1ccccc1)C(=O)c1ccc(=O)n(C)n1. The van der Waals surface area contributed by atoms with Gasteiger partial charge in [-0.2, -0.15) is 5.10 Å². The highest BCUT2D eigenvalue weighted by Crippen LogP contribution is 2.11. The van der Waals surface area contributed by atoms with Gasteiger partial charge in [0.05, 0.1) is 0 Å². The average molecular weight is 285 g/mol. The molecule has 5 nitrogen and oxygen atoms in total. The fourth-order valence-corrected chi connectivity index (χ4v) is 2.03. The number of aryl methyl sites for hydroxylation is 1. The van der Waals surface area contributed by atoms with Gasteiger partial charge in [-0.3, -0.25) is 9.59 Å². The Bertz CT molecular complexity index is 677. The monoisotopic (exact) mass is 285 g/mol. The molecule has 0 aliphatic carbocycles. The van der Waals surface area contributed by atoms with Crippen molar-refractivity contribution >= 4 is 5.91 Å². The molecule has 1 aromatic carbocycles. The van der Waals surface area contributed by atoms with E-state index in [-0.39, 0.29) is 23.2 Å². The molecule has 0 aliphatic rings. The van der Waals surface area contributed by atoms with E-state index in [9.17, 15) is 9.59 Å². The Hall–Kier alpha value is -2.43. The molecule has 0 radical (unpaired) electrons. The van der Waals surface area contributed by atoms with Crippen molar-refractivity contribution in [1.29, 1.82) is 0 Å². The Labute approximate surface area is 123 Å². The molecule has 0 bridgehead atoms. The van der Waals surface area contributed by atoms with Crippen LogP contribution in [0.3, 0.4) is 0 Å². The summed E-state index contributed by atoms with van der Waals surface area (Å²) in [5.74, 6) is -0.176. The Morgan fingerprint density at radius 3 is 2.43 bits per heavy atom. The third kappa shape index (κ3) is 3.56. The molecular formula is C16H19N3O2. The highest BCUT2D eigenvalue weighted by molar-refractivity contribution is 5.92. The molecule has 0 saturated carbocycles. The lowest BCUT2D eigenvalue weighted by Crippen LogP contribution is -2.37. The second kappa shape index (κ2) is 6.35. The zero-order valence-electron chi connectivity index (χ0n) is 12.5. The van der Waals surface area contributed by atoms with Gasteiger partial charge >= 0.3 is 0 Å². The van der Waals surface area contributed by atoms with Crippen molar-refractivity contribution in [1.82, 2.24) is 14.7 Å². The smallest absolute Gasteiger partial charge is 0.274 e. The normalized spacial score (nSPS) is 10.7. The van der Waals surface area contributed by atoms with Crippen LogP contribution in [0.15, 0.2) is 47.3 Å². The van der Waals surface area contributed by atoms with Gasteiger partial charge in [-0.25, -0.2) is 4.68 Å². The maximum Gasteiger partial charge on any atom is 0.274 e. The Kier molecular flexibility index (Phi) is 4.52. The highest BCUT2D eigenvalue weighted by Gasteiger charge is 2.20. The molecular weight excluding hydrogens is 266 g/mol. The Balaban J connectivity index is 2.27. The largest absolute Gasteiger partial charge is 0.331 e. The number of carbonyl (C=O) groups excluding carboxylic acids is 1. The Morgan fingerprint density at radius 1 is 1.19 bits per heavy atom. The average Bonchev–Trinajstić information content (AvgIpc) is 2.47. The minimum absolute atomic E-state index is 0.0386. The summed E-state index contributed by atoms with van der Waals surface area (Å²) in [6.07, 6.45) is 0. The number of benzene rings is 1. The lowest BCUT2D eigenvalue weighted by atomic mass is 10.1. The van der Waals surface area contributed by atoms with Crippen molar-refractivity contribution in [2.24, 2.45) is 7.05 Å². The van der Waals surface area contributed by atoms with Crippen LogP contribution < -0.4 is 5.56 Å². The lowest BCUT2D eigenvalue weighted by molar-refractivity contribution is 0.0681. The molecule has 21 heavy (non-hydrogen) atoms. The first-order chi connectivity index (χ1) is 9.99. The number of hydrogen-bond donors (Lipinski definition) is 0. The van der Waals surface area contributed by atoms with Crippen molar-refractivity contribution in [2.45, 2.75) is 26.4 Å². The summed E-state index contributed by atoms with van der Waals surface area (Å²) < 4.78 is 1.17. The molecule has 1 heterocycles. The molecule has 0 fully saturated rings. The summed E-state index contributed by atoms with van der Waals surface area (Å²) in [4.78, 5) is 25.7. The molecule has 0 N–H and O–H groups in total. The van der Waals surface area contributed by atoms with Crippen LogP contribution in [0, 0.1) is 0 Å². The summed E-state index contributed by atoms with van der Waals surface area (Å²) in [6, 6.07) is 12.7. The third-order valence-corrected chi connectivity index (χ3v) is 3.26. The van der Waals surface area contributed by atoms with E-state index in [0.717, 1.165) is 5.56 Å². The maximum atomic E-state index is 12.6. The van der Waals surface area contributed by atoms with Gasteiger partial charge in [-0.15, -0.1) is 0 Å². The maximum absolute atomic E-state index is 12.6. The lowest BCUT2D eigenvalue weighted by Gasteiger charge is -2.26. The minimum Gasteiger partial charge on any atom is -0.331 e. The van der Waals surface area contributed by atoms with E-state index in [1.165, 1.54) is 23.9 Å². The van der Waals surface area contributed by atoms with Crippen molar-refractivity contribution in [3.63, 3.8) is 0 Å². The first-order valence-electron chi connectivity index (χ1n) is 6.88. The highest BCUT2D eigenvalue weighted by atomic mass is 16.2. The Morgan fingerprint density at radius 2 is 1.86 bits per heavy atom. The molecule has 2 rings (SSSR count). The van der Waals surface area contributed by atoms with Gasteiger partial charge in [-0.05, 0) is 25.5 Å². The predicted octanol–water partition coefficient (Wildman–Crippen LogP) is 1.83. The molecule has 5 heteroatoms. The predicted molar refractivity (Wildman–Crippen MR) is 80.9 cm³/mol. The molecule has 0 aliphatic heterocycles. The third-order valence-electron chi connectivity index (χ3n) is 3.26. The number of aromatic nitrogens is 2. The van der Waals surface area contributed by atoms with Gasteiger partial charge < -0.3 is 4.90 Å². The second-order valence-electron chi connectivity index (χ2n) is 5.19. The van der Waals surface area contributed by atoms with Crippen molar-refractivity contribution in [3.8, 4) is 0 Å². The zero-order valence-corrected chi connectivity index (χ0v) is 12.5. The van der Waals surface area contributed by atoms with Gasteiger partial charge in [0.15, 0.2) is 0 Å². The topological polar surface area (TPSA) is 55.2 Å². The van der Waals surface area contributed by atoms with E-state index in [1.54, 1.807) is 4.90 Å². The zero-order chi connectivity index (χ0) is 15.4. The van der Waals surface area contributed by atoms with E-state index in [2.05, 4.69) is 5.10 Å². The van der Waals surface area contributed by atoms with Crippen molar-refractivity contribution in [2.75, 3.05) is 0 Å². The van der Waals surface area contributed by atoms with Gasteiger partial charge in [0.2, 0.25) is 0 Å². The van der Waals surface area contributed by atoms with E-state index >= 15 is 0 Å². The summed E-state index contributed by atoms with van der Waals surface area (Å²) >= 11 is 0. The molecule has 110 valence electrons. The van der Waals surface area contributed by atoms with Crippen LogP contribution in [-0.2, 0) is 13.6 Å². The van der Waals surface area contributed by atoms with Gasteiger partial charge in [0, 0.05) is 25.7 Å². The van der Waals surface area contributed by atoms with Crippen molar-refractivity contribution < 1.29 is 4.79 Å². The quantitative estimate of drug-likeness (QED) is 0.861. The van der Waals surface area contributed by atoms with Crippen LogP contribution in [0.2, 0.25) is 0 Å². The van der Waals surface area contributed by atoms with Crippen LogP contribution in [0.5, 0.6) is 0 Å². The van der Waals surface area contributed by atoms with Crippen molar-refractivity contribution in [3.05, 3.63) is 64.1 Å². The van der Waals surface area contributed by atoms with Gasteiger partial charge in [-0.1, -0.05) is 30.3 Å².